The minimum Gasteiger partial charge on any atom is -0.310 e. The van der Waals surface area contributed by atoms with Crippen LogP contribution in [-0.2, 0) is 11.2 Å². The number of nitrogens with zero attached hydrogens (tertiary/aromatic N) is 2. The van der Waals surface area contributed by atoms with E-state index in [1.807, 2.05) is 78.2 Å². The van der Waals surface area contributed by atoms with Gasteiger partial charge in [-0.15, -0.1) is 0 Å². The lowest BCUT2D eigenvalue weighted by Crippen LogP contribution is -2.16. The van der Waals surface area contributed by atoms with Crippen LogP contribution in [0.25, 0.3) is 16.9 Å². The number of fused-ring (bicyclic) bond motifs is 1. The van der Waals surface area contributed by atoms with E-state index in [1.54, 1.807) is 0 Å². The first-order valence-corrected chi connectivity index (χ1v) is 9.00. The molecule has 4 aromatic rings. The highest BCUT2D eigenvalue weighted by molar-refractivity contribution is 5.96. The number of hydrogen-bond donors (Lipinski definition) is 1. The van der Waals surface area contributed by atoms with Crippen molar-refractivity contribution >= 4 is 17.4 Å². The Labute approximate surface area is 158 Å². The molecule has 4 heteroatoms. The zero-order valence-corrected chi connectivity index (χ0v) is 15.4. The quantitative estimate of drug-likeness (QED) is 0.571. The van der Waals surface area contributed by atoms with Crippen LogP contribution in [0.4, 0.5) is 5.82 Å². The smallest absolute Gasteiger partial charge is 0.229 e. The number of imidazole rings is 1. The molecule has 0 aliphatic heterocycles. The van der Waals surface area contributed by atoms with Gasteiger partial charge >= 0.3 is 0 Å². The van der Waals surface area contributed by atoms with E-state index >= 15 is 0 Å². The van der Waals surface area contributed by atoms with Crippen LogP contribution in [0.3, 0.4) is 0 Å². The van der Waals surface area contributed by atoms with E-state index in [4.69, 9.17) is 4.98 Å². The average Bonchev–Trinajstić information content (AvgIpc) is 3.00. The maximum atomic E-state index is 12.7. The molecule has 0 saturated carbocycles. The molecule has 0 aliphatic carbocycles. The van der Waals surface area contributed by atoms with Crippen molar-refractivity contribution in [2.45, 2.75) is 20.3 Å². The molecular weight excluding hydrogens is 334 g/mol. The van der Waals surface area contributed by atoms with Crippen LogP contribution >= 0.6 is 0 Å². The molecular formula is C23H21N3O. The molecule has 2 heterocycles. The van der Waals surface area contributed by atoms with Gasteiger partial charge in [0.05, 0.1) is 6.42 Å². The van der Waals surface area contributed by atoms with Gasteiger partial charge in [-0.05, 0) is 36.6 Å². The molecule has 0 saturated heterocycles. The Bertz CT molecular complexity index is 1110. The summed E-state index contributed by atoms with van der Waals surface area (Å²) < 4.78 is 1.96. The van der Waals surface area contributed by atoms with Gasteiger partial charge in [-0.3, -0.25) is 9.20 Å². The van der Waals surface area contributed by atoms with E-state index < -0.39 is 0 Å². The third-order valence-corrected chi connectivity index (χ3v) is 4.63. The predicted octanol–water partition coefficient (Wildman–Crippen LogP) is 4.80. The number of amides is 1. The summed E-state index contributed by atoms with van der Waals surface area (Å²) in [5.74, 6) is 0.656. The minimum atomic E-state index is -0.0562. The SMILES string of the molecule is Cc1ccc2nc(-c3ccccc3C)c(NC(=O)Cc3ccccc3)n2c1. The predicted molar refractivity (Wildman–Crippen MR) is 109 cm³/mol. The maximum absolute atomic E-state index is 12.7. The lowest BCUT2D eigenvalue weighted by molar-refractivity contribution is -0.115. The second-order valence-corrected chi connectivity index (χ2v) is 6.77. The molecule has 0 radical (unpaired) electrons. The Morgan fingerprint density at radius 3 is 2.48 bits per heavy atom. The van der Waals surface area contributed by atoms with Crippen molar-refractivity contribution in [1.29, 1.82) is 0 Å². The fourth-order valence-corrected chi connectivity index (χ4v) is 3.25. The number of aryl methyl sites for hydroxylation is 2. The van der Waals surface area contributed by atoms with E-state index in [1.165, 1.54) is 0 Å². The van der Waals surface area contributed by atoms with Crippen molar-refractivity contribution in [3.8, 4) is 11.3 Å². The molecule has 2 aromatic heterocycles. The highest BCUT2D eigenvalue weighted by atomic mass is 16.1. The van der Waals surface area contributed by atoms with Gasteiger partial charge < -0.3 is 5.32 Å². The van der Waals surface area contributed by atoms with Crippen molar-refractivity contribution in [2.24, 2.45) is 0 Å². The highest BCUT2D eigenvalue weighted by Gasteiger charge is 2.18. The molecule has 0 fully saturated rings. The number of benzene rings is 2. The number of carbonyl (C=O) groups excluding carboxylic acids is 1. The van der Waals surface area contributed by atoms with Gasteiger partial charge in [-0.25, -0.2) is 4.98 Å². The molecule has 2 aromatic carbocycles. The van der Waals surface area contributed by atoms with Gasteiger partial charge in [-0.2, -0.15) is 0 Å². The van der Waals surface area contributed by atoms with Crippen LogP contribution < -0.4 is 5.32 Å². The second-order valence-electron chi connectivity index (χ2n) is 6.77. The van der Waals surface area contributed by atoms with Crippen molar-refractivity contribution in [3.63, 3.8) is 0 Å². The van der Waals surface area contributed by atoms with Crippen molar-refractivity contribution in [1.82, 2.24) is 9.38 Å². The standard InChI is InChI=1S/C23H21N3O/c1-16-12-13-20-24-22(19-11-7-6-8-17(19)2)23(26(20)15-16)25-21(27)14-18-9-4-3-5-10-18/h3-13,15H,14H2,1-2H3,(H,25,27). The molecule has 134 valence electrons. The highest BCUT2D eigenvalue weighted by Crippen LogP contribution is 2.31. The summed E-state index contributed by atoms with van der Waals surface area (Å²) in [7, 11) is 0. The van der Waals surface area contributed by atoms with Crippen LogP contribution in [0.5, 0.6) is 0 Å². The summed E-state index contributed by atoms with van der Waals surface area (Å²) in [6.45, 7) is 4.09. The summed E-state index contributed by atoms with van der Waals surface area (Å²) in [6.07, 6.45) is 2.33. The number of nitrogens with one attached hydrogen (secondary N) is 1. The molecule has 0 aliphatic rings. The van der Waals surface area contributed by atoms with Crippen LogP contribution in [0.2, 0.25) is 0 Å². The zero-order valence-electron chi connectivity index (χ0n) is 15.4. The third-order valence-electron chi connectivity index (χ3n) is 4.63. The fraction of sp³-hybridized carbons (Fsp3) is 0.130. The lowest BCUT2D eigenvalue weighted by atomic mass is 10.1. The molecule has 4 rings (SSSR count). The van der Waals surface area contributed by atoms with Crippen LogP contribution in [0.1, 0.15) is 16.7 Å². The van der Waals surface area contributed by atoms with E-state index in [-0.39, 0.29) is 5.91 Å². The molecule has 0 unspecified atom stereocenters. The average molecular weight is 355 g/mol. The van der Waals surface area contributed by atoms with E-state index in [0.29, 0.717) is 12.2 Å². The summed E-state index contributed by atoms with van der Waals surface area (Å²) in [6, 6.07) is 21.9. The Kier molecular flexibility index (Phi) is 4.47. The molecule has 4 nitrogen and oxygen atoms in total. The first-order valence-electron chi connectivity index (χ1n) is 9.00. The number of aromatic nitrogens is 2. The summed E-state index contributed by atoms with van der Waals surface area (Å²) in [5.41, 5.74) is 5.84. The van der Waals surface area contributed by atoms with Crippen LogP contribution in [-0.4, -0.2) is 15.3 Å². The fourth-order valence-electron chi connectivity index (χ4n) is 3.25. The Hall–Kier alpha value is -3.40. The van der Waals surface area contributed by atoms with Gasteiger partial charge in [0.1, 0.15) is 17.2 Å². The molecule has 1 N–H and O–H groups in total. The summed E-state index contributed by atoms with van der Waals surface area (Å²) in [5, 5.41) is 3.10. The van der Waals surface area contributed by atoms with Gasteiger partial charge in [0.15, 0.2) is 0 Å². The maximum Gasteiger partial charge on any atom is 0.229 e. The van der Waals surface area contributed by atoms with Gasteiger partial charge in [0.2, 0.25) is 5.91 Å². The lowest BCUT2D eigenvalue weighted by Gasteiger charge is -2.10. The summed E-state index contributed by atoms with van der Waals surface area (Å²) in [4.78, 5) is 17.5. The molecule has 1 amide bonds. The molecule has 0 spiro atoms. The number of anilines is 1. The van der Waals surface area contributed by atoms with Gasteiger partial charge in [-0.1, -0.05) is 60.7 Å². The van der Waals surface area contributed by atoms with Crippen LogP contribution in [0.15, 0.2) is 72.9 Å². The second kappa shape index (κ2) is 7.08. The van der Waals surface area contributed by atoms with E-state index in [9.17, 15) is 4.79 Å². The normalized spacial score (nSPS) is 10.9. The number of pyridine rings is 1. The Morgan fingerprint density at radius 2 is 1.70 bits per heavy atom. The summed E-state index contributed by atoms with van der Waals surface area (Å²) >= 11 is 0. The first kappa shape index (κ1) is 17.0. The Balaban J connectivity index is 1.78. The zero-order chi connectivity index (χ0) is 18.8. The van der Waals surface area contributed by atoms with Crippen LogP contribution in [0, 0.1) is 13.8 Å². The van der Waals surface area contributed by atoms with E-state index in [0.717, 1.165) is 33.6 Å². The third kappa shape index (κ3) is 3.47. The number of rotatable bonds is 4. The van der Waals surface area contributed by atoms with Crippen molar-refractivity contribution in [3.05, 3.63) is 89.6 Å². The monoisotopic (exact) mass is 355 g/mol. The van der Waals surface area contributed by atoms with Crippen molar-refractivity contribution < 1.29 is 4.79 Å². The minimum absolute atomic E-state index is 0.0562. The van der Waals surface area contributed by atoms with Crippen molar-refractivity contribution in [2.75, 3.05) is 5.32 Å². The first-order chi connectivity index (χ1) is 13.1. The topological polar surface area (TPSA) is 46.4 Å². The number of carbonyl (C=O) groups is 1. The van der Waals surface area contributed by atoms with Gasteiger partial charge in [0.25, 0.3) is 0 Å². The molecule has 27 heavy (non-hydrogen) atoms. The number of hydrogen-bond acceptors (Lipinski definition) is 2. The molecule has 0 atom stereocenters. The van der Waals surface area contributed by atoms with Gasteiger partial charge in [0, 0.05) is 11.8 Å². The molecule has 0 bridgehead atoms. The largest absolute Gasteiger partial charge is 0.310 e. The Morgan fingerprint density at radius 1 is 0.963 bits per heavy atom. The van der Waals surface area contributed by atoms with E-state index in [2.05, 4.69) is 18.3 Å².